The number of rotatable bonds is 12. The summed E-state index contributed by atoms with van der Waals surface area (Å²) in [5.74, 6) is 0.800. The van der Waals surface area contributed by atoms with Crippen molar-refractivity contribution in [3.05, 3.63) is 101 Å². The zero-order valence-corrected chi connectivity index (χ0v) is 22.8. The molecule has 0 aliphatic carbocycles. The Hall–Kier alpha value is -2.76. The molecule has 0 spiro atoms. The molecule has 3 aromatic carbocycles. The van der Waals surface area contributed by atoms with E-state index in [-0.39, 0.29) is 11.8 Å². The Bertz CT molecular complexity index is 1100. The zero-order valence-electron chi connectivity index (χ0n) is 21.2. The molecule has 3 aromatic rings. The summed E-state index contributed by atoms with van der Waals surface area (Å²) in [7, 11) is 0. The molecule has 2 amide bonds. The number of benzene rings is 3. The Balaban J connectivity index is 1.82. The summed E-state index contributed by atoms with van der Waals surface area (Å²) in [5, 5.41) is 3.70. The van der Waals surface area contributed by atoms with Crippen LogP contribution in [0.4, 0.5) is 0 Å². The second-order valence-electron chi connectivity index (χ2n) is 9.40. The Morgan fingerprint density at radius 2 is 1.58 bits per heavy atom. The zero-order chi connectivity index (χ0) is 25.9. The smallest absolute Gasteiger partial charge is 0.243 e. The van der Waals surface area contributed by atoms with E-state index in [1.807, 2.05) is 54.6 Å². The maximum absolute atomic E-state index is 13.6. The van der Waals surface area contributed by atoms with Crippen LogP contribution < -0.4 is 5.32 Å². The Kier molecular flexibility index (Phi) is 10.9. The van der Waals surface area contributed by atoms with Gasteiger partial charge >= 0.3 is 0 Å². The lowest BCUT2D eigenvalue weighted by Crippen LogP contribution is -2.51. The van der Waals surface area contributed by atoms with Crippen LogP contribution in [-0.4, -0.2) is 35.1 Å². The van der Waals surface area contributed by atoms with Gasteiger partial charge in [-0.2, -0.15) is 0 Å². The van der Waals surface area contributed by atoms with Crippen LogP contribution in [0.15, 0.2) is 83.8 Å². The standard InChI is InChI=1S/C30H35ClN2O2S/c1-22(2)20-32-30(35)28(19-24-7-5-4-6-8-24)33(21-25-11-13-26(31)14-12-25)29(34)17-18-36-27-15-9-23(3)10-16-27/h4-16,22,28H,17-21H2,1-3H3,(H,32,35). The molecule has 3 rings (SSSR count). The molecule has 190 valence electrons. The van der Waals surface area contributed by atoms with E-state index in [0.717, 1.165) is 16.0 Å². The molecule has 4 nitrogen and oxygen atoms in total. The molecule has 1 atom stereocenters. The van der Waals surface area contributed by atoms with Gasteiger partial charge in [-0.05, 0) is 48.2 Å². The molecule has 1 unspecified atom stereocenters. The first-order chi connectivity index (χ1) is 17.3. The normalized spacial score (nSPS) is 11.8. The van der Waals surface area contributed by atoms with Gasteiger partial charge in [-0.15, -0.1) is 11.8 Å². The lowest BCUT2D eigenvalue weighted by Gasteiger charge is -2.32. The minimum absolute atomic E-state index is 0.0369. The van der Waals surface area contributed by atoms with Crippen LogP contribution in [0, 0.1) is 12.8 Å². The molecule has 6 heteroatoms. The minimum Gasteiger partial charge on any atom is -0.354 e. The van der Waals surface area contributed by atoms with Crippen molar-refractivity contribution in [2.45, 2.75) is 51.1 Å². The number of thioether (sulfide) groups is 1. The fourth-order valence-corrected chi connectivity index (χ4v) is 4.76. The highest BCUT2D eigenvalue weighted by Crippen LogP contribution is 2.22. The van der Waals surface area contributed by atoms with E-state index in [4.69, 9.17) is 11.6 Å². The molecule has 0 bridgehead atoms. The number of nitrogens with one attached hydrogen (secondary N) is 1. The summed E-state index contributed by atoms with van der Waals surface area (Å²) in [5.41, 5.74) is 3.17. The van der Waals surface area contributed by atoms with Crippen molar-refractivity contribution >= 4 is 35.2 Å². The molecule has 0 aliphatic rings. The van der Waals surface area contributed by atoms with E-state index >= 15 is 0 Å². The third kappa shape index (κ3) is 9.03. The highest BCUT2D eigenvalue weighted by atomic mass is 35.5. The van der Waals surface area contributed by atoms with Crippen LogP contribution in [0.5, 0.6) is 0 Å². The predicted molar refractivity (Wildman–Crippen MR) is 150 cm³/mol. The van der Waals surface area contributed by atoms with Gasteiger partial charge in [0.05, 0.1) is 0 Å². The molecule has 0 radical (unpaired) electrons. The highest BCUT2D eigenvalue weighted by Gasteiger charge is 2.30. The summed E-state index contributed by atoms with van der Waals surface area (Å²) in [6.45, 7) is 7.09. The average Bonchev–Trinajstić information content (AvgIpc) is 2.87. The van der Waals surface area contributed by atoms with Crippen LogP contribution in [0.1, 0.15) is 37.0 Å². The average molecular weight is 523 g/mol. The topological polar surface area (TPSA) is 49.4 Å². The fraction of sp³-hybridized carbons (Fsp3) is 0.333. The second kappa shape index (κ2) is 14.1. The third-order valence-electron chi connectivity index (χ3n) is 5.83. The van der Waals surface area contributed by atoms with Gasteiger partial charge in [0.15, 0.2) is 0 Å². The number of hydrogen-bond acceptors (Lipinski definition) is 3. The highest BCUT2D eigenvalue weighted by molar-refractivity contribution is 7.99. The molecule has 0 saturated heterocycles. The molecule has 0 heterocycles. The Morgan fingerprint density at radius 1 is 0.917 bits per heavy atom. The van der Waals surface area contributed by atoms with Crippen LogP contribution in [-0.2, 0) is 22.6 Å². The Morgan fingerprint density at radius 3 is 2.22 bits per heavy atom. The molecule has 0 saturated carbocycles. The fourth-order valence-electron chi connectivity index (χ4n) is 3.80. The van der Waals surface area contributed by atoms with Crippen molar-refractivity contribution in [1.82, 2.24) is 10.2 Å². The number of carbonyl (C=O) groups excluding carboxylic acids is 2. The maximum atomic E-state index is 13.6. The first-order valence-electron chi connectivity index (χ1n) is 12.4. The summed E-state index contributed by atoms with van der Waals surface area (Å²) in [6, 6.07) is 25.0. The van der Waals surface area contributed by atoms with Crippen LogP contribution >= 0.6 is 23.4 Å². The van der Waals surface area contributed by atoms with E-state index in [1.165, 1.54) is 5.56 Å². The summed E-state index contributed by atoms with van der Waals surface area (Å²) in [4.78, 5) is 29.9. The van der Waals surface area contributed by atoms with Gasteiger partial charge in [-0.3, -0.25) is 9.59 Å². The van der Waals surface area contributed by atoms with Gasteiger partial charge in [0, 0.05) is 41.6 Å². The van der Waals surface area contributed by atoms with Crippen LogP contribution in [0.3, 0.4) is 0 Å². The molecule has 0 aliphatic heterocycles. The van der Waals surface area contributed by atoms with Crippen molar-refractivity contribution in [2.75, 3.05) is 12.3 Å². The molecule has 1 N–H and O–H groups in total. The third-order valence-corrected chi connectivity index (χ3v) is 7.09. The largest absolute Gasteiger partial charge is 0.354 e. The van der Waals surface area contributed by atoms with Crippen molar-refractivity contribution in [1.29, 1.82) is 0 Å². The van der Waals surface area contributed by atoms with Gasteiger partial charge in [0.2, 0.25) is 11.8 Å². The van der Waals surface area contributed by atoms with Crippen LogP contribution in [0.25, 0.3) is 0 Å². The van der Waals surface area contributed by atoms with E-state index in [1.54, 1.807) is 16.7 Å². The van der Waals surface area contributed by atoms with Gasteiger partial charge in [-0.25, -0.2) is 0 Å². The molecular weight excluding hydrogens is 488 g/mol. The first kappa shape index (κ1) is 27.8. The monoisotopic (exact) mass is 522 g/mol. The van der Waals surface area contributed by atoms with Crippen molar-refractivity contribution < 1.29 is 9.59 Å². The van der Waals surface area contributed by atoms with E-state index < -0.39 is 6.04 Å². The quantitative estimate of drug-likeness (QED) is 0.275. The summed E-state index contributed by atoms with van der Waals surface area (Å²) in [6.07, 6.45) is 0.796. The second-order valence-corrected chi connectivity index (χ2v) is 11.0. The maximum Gasteiger partial charge on any atom is 0.243 e. The van der Waals surface area contributed by atoms with E-state index in [2.05, 4.69) is 50.4 Å². The van der Waals surface area contributed by atoms with Crippen LogP contribution in [0.2, 0.25) is 5.02 Å². The number of carbonyl (C=O) groups is 2. The lowest BCUT2D eigenvalue weighted by atomic mass is 10.0. The molecule has 0 fully saturated rings. The summed E-state index contributed by atoms with van der Waals surface area (Å²) >= 11 is 7.75. The van der Waals surface area contributed by atoms with Gasteiger partial charge in [0.25, 0.3) is 0 Å². The number of aryl methyl sites for hydroxylation is 1. The van der Waals surface area contributed by atoms with E-state index in [9.17, 15) is 9.59 Å². The lowest BCUT2D eigenvalue weighted by molar-refractivity contribution is -0.141. The van der Waals surface area contributed by atoms with Crippen molar-refractivity contribution in [3.63, 3.8) is 0 Å². The Labute approximate surface area is 224 Å². The van der Waals surface area contributed by atoms with Crippen molar-refractivity contribution in [3.8, 4) is 0 Å². The minimum atomic E-state index is -0.612. The van der Waals surface area contributed by atoms with Gasteiger partial charge in [-0.1, -0.05) is 85.6 Å². The number of amides is 2. The van der Waals surface area contributed by atoms with Gasteiger partial charge < -0.3 is 10.2 Å². The number of hydrogen-bond donors (Lipinski definition) is 1. The summed E-state index contributed by atoms with van der Waals surface area (Å²) < 4.78 is 0. The predicted octanol–water partition coefficient (Wildman–Crippen LogP) is 6.54. The molecular formula is C30H35ClN2O2S. The molecule has 0 aromatic heterocycles. The van der Waals surface area contributed by atoms with Gasteiger partial charge in [0.1, 0.15) is 6.04 Å². The van der Waals surface area contributed by atoms with Crippen molar-refractivity contribution in [2.24, 2.45) is 5.92 Å². The van der Waals surface area contributed by atoms with E-state index in [0.29, 0.717) is 42.6 Å². The molecule has 36 heavy (non-hydrogen) atoms. The SMILES string of the molecule is Cc1ccc(SCCC(=O)N(Cc2ccc(Cl)cc2)C(Cc2ccccc2)C(=O)NCC(C)C)cc1. The first-order valence-corrected chi connectivity index (χ1v) is 13.7. The number of halogens is 1. The number of nitrogens with zero attached hydrogens (tertiary/aromatic N) is 1.